The number of amides is 1. The summed E-state index contributed by atoms with van der Waals surface area (Å²) in [6.07, 6.45) is 2.97. The van der Waals surface area contributed by atoms with Gasteiger partial charge in [-0.05, 0) is 47.5 Å². The van der Waals surface area contributed by atoms with Crippen molar-refractivity contribution in [2.45, 2.75) is 0 Å². The summed E-state index contributed by atoms with van der Waals surface area (Å²) in [5, 5.41) is 3.88. The van der Waals surface area contributed by atoms with Gasteiger partial charge in [0.15, 0.2) is 0 Å². The number of rotatable bonds is 5. The van der Waals surface area contributed by atoms with E-state index in [1.807, 2.05) is 0 Å². The summed E-state index contributed by atoms with van der Waals surface area (Å²) in [5.41, 5.74) is 4.58. The Morgan fingerprint density at radius 3 is 1.96 bits per heavy atom. The Labute approximate surface area is 154 Å². The molecule has 0 unspecified atom stereocenters. The molecule has 3 aromatic carbocycles. The summed E-state index contributed by atoms with van der Waals surface area (Å²) in [7, 11) is 0. The Kier molecular flexibility index (Phi) is 5.79. The topological polar surface area (TPSA) is 53.8 Å². The fraction of sp³-hybridized carbons (Fsp3) is 0. The van der Waals surface area contributed by atoms with E-state index in [2.05, 4.69) is 15.5 Å². The smallest absolute Gasteiger partial charge is 0.267 e. The predicted octanol–water partition coefficient (Wildman–Crippen LogP) is 4.48. The van der Waals surface area contributed by atoms with Crippen molar-refractivity contribution in [2.24, 2.45) is 10.1 Å². The molecule has 4 nitrogen and oxygen atoms in total. The molecule has 1 N–H and O–H groups in total. The fourth-order valence-corrected chi connectivity index (χ4v) is 2.25. The van der Waals surface area contributed by atoms with Crippen LogP contribution in [0.5, 0.6) is 0 Å². The first kappa shape index (κ1) is 18.1. The summed E-state index contributed by atoms with van der Waals surface area (Å²) in [5.74, 6) is -1.10. The molecule has 6 heteroatoms. The molecule has 0 aliphatic rings. The number of hydrogen-bond acceptors (Lipinski definition) is 3. The van der Waals surface area contributed by atoms with Gasteiger partial charge in [-0.1, -0.05) is 36.4 Å². The number of halogens is 2. The Morgan fingerprint density at radius 2 is 1.33 bits per heavy atom. The van der Waals surface area contributed by atoms with E-state index in [9.17, 15) is 13.6 Å². The molecule has 0 saturated heterocycles. The van der Waals surface area contributed by atoms with Crippen LogP contribution in [0.2, 0.25) is 0 Å². The monoisotopic (exact) mass is 363 g/mol. The van der Waals surface area contributed by atoms with E-state index in [-0.39, 0.29) is 11.6 Å². The third-order valence-corrected chi connectivity index (χ3v) is 3.62. The molecule has 0 bridgehead atoms. The van der Waals surface area contributed by atoms with Crippen molar-refractivity contribution >= 4 is 24.0 Å². The molecular formula is C21H15F2N3O. The summed E-state index contributed by atoms with van der Waals surface area (Å²) < 4.78 is 25.8. The van der Waals surface area contributed by atoms with Crippen molar-refractivity contribution in [2.75, 3.05) is 0 Å². The molecule has 0 aliphatic carbocycles. The van der Waals surface area contributed by atoms with Crippen LogP contribution < -0.4 is 5.43 Å². The molecule has 0 aromatic heterocycles. The first-order chi connectivity index (χ1) is 13.1. The van der Waals surface area contributed by atoms with E-state index in [1.54, 1.807) is 54.7 Å². The van der Waals surface area contributed by atoms with Gasteiger partial charge in [0, 0.05) is 6.21 Å². The Bertz CT molecular complexity index is 981. The highest BCUT2D eigenvalue weighted by Gasteiger charge is 2.09. The lowest BCUT2D eigenvalue weighted by molar-refractivity contribution is 0.0956. The van der Waals surface area contributed by atoms with Gasteiger partial charge in [-0.2, -0.15) is 5.10 Å². The van der Waals surface area contributed by atoms with Crippen LogP contribution in [-0.4, -0.2) is 18.3 Å². The van der Waals surface area contributed by atoms with E-state index in [0.29, 0.717) is 22.4 Å². The first-order valence-electron chi connectivity index (χ1n) is 8.09. The molecule has 1 amide bonds. The maximum atomic E-state index is 13.0. The largest absolute Gasteiger partial charge is 0.273 e. The Balaban J connectivity index is 1.71. The Hall–Kier alpha value is -3.67. The van der Waals surface area contributed by atoms with Gasteiger partial charge in [-0.3, -0.25) is 9.79 Å². The van der Waals surface area contributed by atoms with Crippen molar-refractivity contribution in [3.63, 3.8) is 0 Å². The zero-order valence-corrected chi connectivity index (χ0v) is 14.1. The maximum absolute atomic E-state index is 13.0. The van der Waals surface area contributed by atoms with Crippen LogP contribution in [0, 0.1) is 11.6 Å². The molecular weight excluding hydrogens is 348 g/mol. The number of para-hydroxylation sites is 1. The number of hydrogen-bond donors (Lipinski definition) is 1. The zero-order chi connectivity index (χ0) is 19.1. The molecule has 3 rings (SSSR count). The molecule has 0 atom stereocenters. The minimum Gasteiger partial charge on any atom is -0.267 e. The van der Waals surface area contributed by atoms with Crippen LogP contribution in [0.3, 0.4) is 0 Å². The second-order valence-corrected chi connectivity index (χ2v) is 5.58. The van der Waals surface area contributed by atoms with E-state index in [0.717, 1.165) is 0 Å². The second kappa shape index (κ2) is 8.62. The van der Waals surface area contributed by atoms with Gasteiger partial charge in [0.1, 0.15) is 11.6 Å². The van der Waals surface area contributed by atoms with Crippen molar-refractivity contribution in [1.82, 2.24) is 5.43 Å². The maximum Gasteiger partial charge on any atom is 0.273 e. The highest BCUT2D eigenvalue weighted by molar-refractivity contribution is 6.00. The van der Waals surface area contributed by atoms with Gasteiger partial charge in [-0.15, -0.1) is 0 Å². The van der Waals surface area contributed by atoms with Gasteiger partial charge in [0.05, 0.1) is 17.5 Å². The first-order valence-corrected chi connectivity index (χ1v) is 8.09. The molecule has 0 heterocycles. The summed E-state index contributed by atoms with van der Waals surface area (Å²) >= 11 is 0. The number of nitrogens with one attached hydrogen (secondary N) is 1. The third-order valence-electron chi connectivity index (χ3n) is 3.62. The average molecular weight is 363 g/mol. The van der Waals surface area contributed by atoms with Gasteiger partial charge >= 0.3 is 0 Å². The highest BCUT2D eigenvalue weighted by atomic mass is 19.1. The number of carbonyl (C=O) groups excluding carboxylic acids is 1. The van der Waals surface area contributed by atoms with Crippen molar-refractivity contribution < 1.29 is 13.6 Å². The SMILES string of the molecule is O=C(NN=Cc1ccc(F)cc1)c1ccccc1N=Cc1ccc(F)cc1. The van der Waals surface area contributed by atoms with Crippen LogP contribution in [0.4, 0.5) is 14.5 Å². The van der Waals surface area contributed by atoms with Crippen LogP contribution in [0.25, 0.3) is 0 Å². The quantitative estimate of drug-likeness (QED) is 0.527. The Morgan fingerprint density at radius 1 is 0.778 bits per heavy atom. The van der Waals surface area contributed by atoms with Gasteiger partial charge < -0.3 is 0 Å². The molecule has 0 saturated carbocycles. The van der Waals surface area contributed by atoms with Gasteiger partial charge in [0.2, 0.25) is 0 Å². The average Bonchev–Trinajstić information content (AvgIpc) is 2.69. The van der Waals surface area contributed by atoms with E-state index < -0.39 is 5.91 Å². The second-order valence-electron chi connectivity index (χ2n) is 5.58. The third kappa shape index (κ3) is 5.15. The molecule has 0 fully saturated rings. The van der Waals surface area contributed by atoms with E-state index in [4.69, 9.17) is 0 Å². The van der Waals surface area contributed by atoms with Gasteiger partial charge in [-0.25, -0.2) is 14.2 Å². The molecule has 0 spiro atoms. The highest BCUT2D eigenvalue weighted by Crippen LogP contribution is 2.18. The minimum absolute atomic E-state index is 0.328. The van der Waals surface area contributed by atoms with Crippen LogP contribution in [0.1, 0.15) is 21.5 Å². The number of benzene rings is 3. The summed E-state index contributed by atoms with van der Waals surface area (Å²) in [6.45, 7) is 0. The summed E-state index contributed by atoms with van der Waals surface area (Å²) in [6, 6.07) is 18.4. The van der Waals surface area contributed by atoms with Crippen LogP contribution in [0.15, 0.2) is 82.9 Å². The van der Waals surface area contributed by atoms with Gasteiger partial charge in [0.25, 0.3) is 5.91 Å². The zero-order valence-electron chi connectivity index (χ0n) is 14.1. The standard InChI is InChI=1S/C21H15F2N3O/c22-17-9-5-15(6-10-17)13-24-20-4-2-1-3-19(20)21(27)26-25-14-16-7-11-18(23)12-8-16/h1-14H,(H,26,27). The normalized spacial score (nSPS) is 11.2. The van der Waals surface area contributed by atoms with Crippen LogP contribution in [-0.2, 0) is 0 Å². The molecule has 3 aromatic rings. The number of carbonyl (C=O) groups is 1. The number of nitrogens with zero attached hydrogens (tertiary/aromatic N) is 2. The molecule has 134 valence electrons. The van der Waals surface area contributed by atoms with Crippen molar-refractivity contribution in [1.29, 1.82) is 0 Å². The van der Waals surface area contributed by atoms with E-state index in [1.165, 1.54) is 30.5 Å². The lowest BCUT2D eigenvalue weighted by Gasteiger charge is -2.04. The molecule has 0 aliphatic heterocycles. The predicted molar refractivity (Wildman–Crippen MR) is 102 cm³/mol. The summed E-state index contributed by atoms with van der Waals surface area (Å²) in [4.78, 5) is 16.7. The number of hydrazone groups is 1. The molecule has 27 heavy (non-hydrogen) atoms. The van der Waals surface area contributed by atoms with Crippen molar-refractivity contribution in [3.8, 4) is 0 Å². The number of aliphatic imine (C=N–C) groups is 1. The van der Waals surface area contributed by atoms with Crippen LogP contribution >= 0.6 is 0 Å². The molecule has 0 radical (unpaired) electrons. The lowest BCUT2D eigenvalue weighted by Crippen LogP contribution is -2.17. The minimum atomic E-state index is -0.430. The lowest BCUT2D eigenvalue weighted by atomic mass is 10.1. The van der Waals surface area contributed by atoms with E-state index >= 15 is 0 Å². The fourth-order valence-electron chi connectivity index (χ4n) is 2.25. The van der Waals surface area contributed by atoms with Crippen molar-refractivity contribution in [3.05, 3.63) is 101 Å².